The molecule has 0 aromatic heterocycles. The molecule has 0 unspecified atom stereocenters. The summed E-state index contributed by atoms with van der Waals surface area (Å²) < 4.78 is 5.50. The van der Waals surface area contributed by atoms with Gasteiger partial charge in [-0.05, 0) is 33.6 Å². The van der Waals surface area contributed by atoms with E-state index in [1.165, 1.54) is 0 Å². The second kappa shape index (κ2) is 6.09. The predicted octanol–water partition coefficient (Wildman–Crippen LogP) is 1.29. The van der Waals surface area contributed by atoms with Crippen LogP contribution in [0.3, 0.4) is 0 Å². The van der Waals surface area contributed by atoms with Crippen LogP contribution in [0.15, 0.2) is 0 Å². The lowest BCUT2D eigenvalue weighted by atomic mass is 10.2. The van der Waals surface area contributed by atoms with E-state index in [9.17, 15) is 4.79 Å². The first kappa shape index (κ1) is 14.6. The molecule has 110 valence electrons. The van der Waals surface area contributed by atoms with Gasteiger partial charge in [0.05, 0.1) is 0 Å². The van der Waals surface area contributed by atoms with Crippen molar-refractivity contribution < 1.29 is 9.53 Å². The van der Waals surface area contributed by atoms with E-state index < -0.39 is 5.60 Å². The summed E-state index contributed by atoms with van der Waals surface area (Å²) in [6, 6.07) is 0.327. The van der Waals surface area contributed by atoms with Gasteiger partial charge in [-0.1, -0.05) is 0 Å². The number of hydrogen-bond donors (Lipinski definition) is 1. The fraction of sp³-hybridized carbons (Fsp3) is 0.929. The molecular formula is C14H27N3O2. The molecule has 0 saturated carbocycles. The highest BCUT2D eigenvalue weighted by Gasteiger charge is 2.33. The zero-order valence-corrected chi connectivity index (χ0v) is 12.4. The number of rotatable bonds is 2. The van der Waals surface area contributed by atoms with E-state index in [0.717, 1.165) is 52.1 Å². The number of nitrogens with one attached hydrogen (secondary N) is 1. The van der Waals surface area contributed by atoms with Crippen molar-refractivity contribution in [1.29, 1.82) is 0 Å². The van der Waals surface area contributed by atoms with Gasteiger partial charge in [0.2, 0.25) is 0 Å². The summed E-state index contributed by atoms with van der Waals surface area (Å²) in [5.74, 6) is 0. The molecule has 5 heteroatoms. The van der Waals surface area contributed by atoms with Gasteiger partial charge >= 0.3 is 6.09 Å². The summed E-state index contributed by atoms with van der Waals surface area (Å²) in [7, 11) is 0. The van der Waals surface area contributed by atoms with Crippen LogP contribution in [0.25, 0.3) is 0 Å². The number of likely N-dealkylation sites (tertiary alicyclic amines) is 1. The topological polar surface area (TPSA) is 44.8 Å². The Bertz CT molecular complexity index is 308. The third kappa shape index (κ3) is 4.35. The van der Waals surface area contributed by atoms with Crippen molar-refractivity contribution in [3.8, 4) is 0 Å². The van der Waals surface area contributed by atoms with Crippen LogP contribution in [0.5, 0.6) is 0 Å². The molecule has 2 aliphatic heterocycles. The smallest absolute Gasteiger partial charge is 0.410 e. The number of hydrogen-bond acceptors (Lipinski definition) is 4. The summed E-state index contributed by atoms with van der Waals surface area (Å²) in [4.78, 5) is 16.6. The molecule has 0 aromatic carbocycles. The molecule has 5 nitrogen and oxygen atoms in total. The molecule has 0 bridgehead atoms. The number of piperazine rings is 1. The highest BCUT2D eigenvalue weighted by molar-refractivity contribution is 5.69. The van der Waals surface area contributed by atoms with Crippen LogP contribution >= 0.6 is 0 Å². The lowest BCUT2D eigenvalue weighted by Gasteiger charge is -2.34. The maximum atomic E-state index is 12.2. The average Bonchev–Trinajstić information content (AvgIpc) is 2.76. The van der Waals surface area contributed by atoms with Gasteiger partial charge in [0, 0.05) is 45.3 Å². The minimum atomic E-state index is -0.404. The normalized spacial score (nSPS) is 25.6. The summed E-state index contributed by atoms with van der Waals surface area (Å²) in [6.07, 6.45) is 2.05. The van der Waals surface area contributed by atoms with Crippen molar-refractivity contribution in [1.82, 2.24) is 15.1 Å². The quantitative estimate of drug-likeness (QED) is 0.820. The summed E-state index contributed by atoms with van der Waals surface area (Å²) in [6.45, 7) is 11.9. The lowest BCUT2D eigenvalue weighted by Crippen LogP contribution is -2.50. The van der Waals surface area contributed by atoms with Crippen molar-refractivity contribution in [2.45, 2.75) is 45.3 Å². The standard InChI is InChI=1S/C14H27N3O2/c1-14(2,3)19-13(18)17-8-4-5-12(17)11-16-9-6-15-7-10-16/h12,15H,4-11H2,1-3H3/t12-/m1/s1. The highest BCUT2D eigenvalue weighted by Crippen LogP contribution is 2.21. The SMILES string of the molecule is CC(C)(C)OC(=O)N1CCC[C@@H]1CN1CCNCC1. The Kier molecular flexibility index (Phi) is 4.68. The zero-order chi connectivity index (χ0) is 13.9. The van der Waals surface area contributed by atoms with Gasteiger partial charge < -0.3 is 15.0 Å². The van der Waals surface area contributed by atoms with Gasteiger partial charge in [0.15, 0.2) is 0 Å². The lowest BCUT2D eigenvalue weighted by molar-refractivity contribution is 0.0193. The monoisotopic (exact) mass is 269 g/mol. The summed E-state index contributed by atoms with van der Waals surface area (Å²) in [5.41, 5.74) is -0.404. The summed E-state index contributed by atoms with van der Waals surface area (Å²) in [5, 5.41) is 3.36. The van der Waals surface area contributed by atoms with Gasteiger partial charge in [-0.15, -0.1) is 0 Å². The molecule has 0 aliphatic carbocycles. The first-order valence-electron chi connectivity index (χ1n) is 7.38. The van der Waals surface area contributed by atoms with E-state index in [1.54, 1.807) is 0 Å². The van der Waals surface area contributed by atoms with E-state index in [0.29, 0.717) is 6.04 Å². The maximum Gasteiger partial charge on any atom is 0.410 e. The first-order chi connectivity index (χ1) is 8.96. The molecule has 2 rings (SSSR count). The zero-order valence-electron chi connectivity index (χ0n) is 12.4. The Morgan fingerprint density at radius 2 is 1.95 bits per heavy atom. The Morgan fingerprint density at radius 1 is 1.26 bits per heavy atom. The van der Waals surface area contributed by atoms with Crippen molar-refractivity contribution >= 4 is 6.09 Å². The van der Waals surface area contributed by atoms with Crippen LogP contribution in [0.2, 0.25) is 0 Å². The van der Waals surface area contributed by atoms with Gasteiger partial charge in [0.1, 0.15) is 5.60 Å². The minimum absolute atomic E-state index is 0.148. The van der Waals surface area contributed by atoms with E-state index in [2.05, 4.69) is 10.2 Å². The fourth-order valence-corrected chi connectivity index (χ4v) is 2.78. The highest BCUT2D eigenvalue weighted by atomic mass is 16.6. The first-order valence-corrected chi connectivity index (χ1v) is 7.38. The Balaban J connectivity index is 1.87. The predicted molar refractivity (Wildman–Crippen MR) is 75.3 cm³/mol. The molecule has 1 N–H and O–H groups in total. The Labute approximate surface area is 116 Å². The van der Waals surface area contributed by atoms with Gasteiger partial charge in [-0.25, -0.2) is 4.79 Å². The molecule has 2 fully saturated rings. The number of nitrogens with zero attached hydrogens (tertiary/aromatic N) is 2. The minimum Gasteiger partial charge on any atom is -0.444 e. The van der Waals surface area contributed by atoms with E-state index in [4.69, 9.17) is 4.74 Å². The second-order valence-electron chi connectivity index (χ2n) is 6.52. The van der Waals surface area contributed by atoms with Crippen molar-refractivity contribution in [2.75, 3.05) is 39.3 Å². The van der Waals surface area contributed by atoms with Crippen LogP contribution in [-0.4, -0.2) is 66.8 Å². The molecule has 0 spiro atoms. The number of carbonyl (C=O) groups is 1. The molecule has 19 heavy (non-hydrogen) atoms. The third-order valence-electron chi connectivity index (χ3n) is 3.68. The molecule has 1 amide bonds. The molecule has 0 aromatic rings. The third-order valence-corrected chi connectivity index (χ3v) is 3.68. The molecule has 2 aliphatic rings. The van der Waals surface area contributed by atoms with Crippen molar-refractivity contribution in [3.63, 3.8) is 0 Å². The van der Waals surface area contributed by atoms with Crippen molar-refractivity contribution in [2.24, 2.45) is 0 Å². The Hall–Kier alpha value is -0.810. The summed E-state index contributed by atoms with van der Waals surface area (Å²) >= 11 is 0. The average molecular weight is 269 g/mol. The van der Waals surface area contributed by atoms with Crippen molar-refractivity contribution in [3.05, 3.63) is 0 Å². The van der Waals surface area contributed by atoms with Crippen LogP contribution in [0.1, 0.15) is 33.6 Å². The fourth-order valence-electron chi connectivity index (χ4n) is 2.78. The Morgan fingerprint density at radius 3 is 2.58 bits per heavy atom. The molecule has 1 atom stereocenters. The molecule has 2 saturated heterocycles. The molecule has 2 heterocycles. The number of amides is 1. The van der Waals surface area contributed by atoms with Crippen LogP contribution < -0.4 is 5.32 Å². The van der Waals surface area contributed by atoms with Gasteiger partial charge in [0.25, 0.3) is 0 Å². The molecule has 0 radical (unpaired) electrons. The van der Waals surface area contributed by atoms with E-state index in [1.807, 2.05) is 25.7 Å². The van der Waals surface area contributed by atoms with Gasteiger partial charge in [-0.2, -0.15) is 0 Å². The number of ether oxygens (including phenoxy) is 1. The van der Waals surface area contributed by atoms with Crippen LogP contribution in [-0.2, 0) is 4.74 Å². The second-order valence-corrected chi connectivity index (χ2v) is 6.52. The van der Waals surface area contributed by atoms with E-state index >= 15 is 0 Å². The van der Waals surface area contributed by atoms with Crippen LogP contribution in [0, 0.1) is 0 Å². The van der Waals surface area contributed by atoms with Crippen LogP contribution in [0.4, 0.5) is 4.79 Å². The maximum absolute atomic E-state index is 12.2. The number of carbonyl (C=O) groups excluding carboxylic acids is 1. The van der Waals surface area contributed by atoms with Gasteiger partial charge in [-0.3, -0.25) is 4.90 Å². The molecular weight excluding hydrogens is 242 g/mol. The largest absolute Gasteiger partial charge is 0.444 e. The van der Waals surface area contributed by atoms with E-state index in [-0.39, 0.29) is 6.09 Å².